The Morgan fingerprint density at radius 2 is 2.20 bits per heavy atom. The third kappa shape index (κ3) is 3.44. The van der Waals surface area contributed by atoms with E-state index in [0.717, 1.165) is 55.2 Å². The molecule has 0 aliphatic heterocycles. The number of benzene rings is 1. The highest BCUT2D eigenvalue weighted by atomic mass is 35.5. The number of aromatic nitrogens is 2. The maximum absolute atomic E-state index is 5.88. The Labute approximate surface area is 124 Å². The van der Waals surface area contributed by atoms with Gasteiger partial charge < -0.3 is 14.0 Å². The van der Waals surface area contributed by atoms with Crippen LogP contribution in [0.15, 0.2) is 18.2 Å². The Morgan fingerprint density at radius 1 is 1.35 bits per heavy atom. The molecule has 0 saturated carbocycles. The zero-order valence-corrected chi connectivity index (χ0v) is 12.8. The van der Waals surface area contributed by atoms with Crippen LogP contribution in [0, 0.1) is 0 Å². The van der Waals surface area contributed by atoms with Crippen molar-refractivity contribution in [1.29, 1.82) is 0 Å². The molecule has 0 fully saturated rings. The molecule has 0 N–H and O–H groups in total. The highest BCUT2D eigenvalue weighted by Crippen LogP contribution is 2.22. The number of imidazole rings is 1. The molecule has 110 valence electrons. The summed E-state index contributed by atoms with van der Waals surface area (Å²) in [5.41, 5.74) is 2.09. The number of hydrogen-bond donors (Lipinski definition) is 0. The second-order valence-electron chi connectivity index (χ2n) is 4.52. The molecule has 1 aromatic carbocycles. The molecule has 0 unspecified atom stereocenters. The predicted octanol–water partition coefficient (Wildman–Crippen LogP) is 3.25. The van der Waals surface area contributed by atoms with Crippen LogP contribution < -0.4 is 4.74 Å². The maximum Gasteiger partial charge on any atom is 0.121 e. The molecular formula is C15H21ClN2O2. The molecule has 4 nitrogen and oxygen atoms in total. The number of hydrogen-bond acceptors (Lipinski definition) is 3. The van der Waals surface area contributed by atoms with E-state index in [9.17, 15) is 0 Å². The molecule has 2 rings (SSSR count). The first kappa shape index (κ1) is 15.1. The average molecular weight is 297 g/mol. The molecule has 0 aliphatic carbocycles. The van der Waals surface area contributed by atoms with Gasteiger partial charge in [-0.25, -0.2) is 4.98 Å². The van der Waals surface area contributed by atoms with Crippen molar-refractivity contribution in [2.45, 2.75) is 26.3 Å². The largest absolute Gasteiger partial charge is 0.497 e. The molecule has 0 amide bonds. The maximum atomic E-state index is 5.88. The van der Waals surface area contributed by atoms with Crippen LogP contribution in [-0.4, -0.2) is 35.8 Å². The molecule has 0 radical (unpaired) electrons. The lowest BCUT2D eigenvalue weighted by atomic mass is 10.3. The summed E-state index contributed by atoms with van der Waals surface area (Å²) in [6.07, 6.45) is 1.74. The predicted molar refractivity (Wildman–Crippen MR) is 81.8 cm³/mol. The van der Waals surface area contributed by atoms with E-state index >= 15 is 0 Å². The lowest BCUT2D eigenvalue weighted by Gasteiger charge is -2.09. The van der Waals surface area contributed by atoms with Crippen molar-refractivity contribution >= 4 is 22.6 Å². The van der Waals surface area contributed by atoms with E-state index in [0.29, 0.717) is 5.88 Å². The fourth-order valence-electron chi connectivity index (χ4n) is 2.27. The second kappa shape index (κ2) is 7.50. The van der Waals surface area contributed by atoms with Crippen LogP contribution in [-0.2, 0) is 17.7 Å². The molecule has 0 aliphatic rings. The molecule has 0 atom stereocenters. The normalized spacial score (nSPS) is 11.2. The minimum atomic E-state index is 0.575. The van der Waals surface area contributed by atoms with Gasteiger partial charge in [0.25, 0.3) is 0 Å². The monoisotopic (exact) mass is 296 g/mol. The summed E-state index contributed by atoms with van der Waals surface area (Å²) in [5.74, 6) is 2.45. The van der Waals surface area contributed by atoms with E-state index in [4.69, 9.17) is 21.1 Å². The summed E-state index contributed by atoms with van der Waals surface area (Å²) in [4.78, 5) is 4.66. The third-order valence-electron chi connectivity index (χ3n) is 3.23. The SMILES string of the molecule is CCOCCCn1c(CCCl)nc2ccc(OC)cc21. The van der Waals surface area contributed by atoms with Gasteiger partial charge in [0.2, 0.25) is 0 Å². The topological polar surface area (TPSA) is 36.3 Å². The van der Waals surface area contributed by atoms with E-state index in [1.54, 1.807) is 7.11 Å². The van der Waals surface area contributed by atoms with Crippen molar-refractivity contribution < 1.29 is 9.47 Å². The summed E-state index contributed by atoms with van der Waals surface area (Å²) < 4.78 is 12.9. The van der Waals surface area contributed by atoms with Crippen molar-refractivity contribution in [2.24, 2.45) is 0 Å². The van der Waals surface area contributed by atoms with Crippen molar-refractivity contribution in [3.63, 3.8) is 0 Å². The molecule has 2 aromatic rings. The Balaban J connectivity index is 2.28. The molecule has 5 heteroatoms. The first-order valence-corrected chi connectivity index (χ1v) is 7.50. The Kier molecular flexibility index (Phi) is 5.68. The number of methoxy groups -OCH3 is 1. The number of rotatable bonds is 8. The first-order chi connectivity index (χ1) is 9.80. The minimum Gasteiger partial charge on any atom is -0.497 e. The number of nitrogens with zero attached hydrogens (tertiary/aromatic N) is 2. The van der Waals surface area contributed by atoms with Crippen molar-refractivity contribution in [3.05, 3.63) is 24.0 Å². The van der Waals surface area contributed by atoms with Crippen molar-refractivity contribution in [1.82, 2.24) is 9.55 Å². The number of fused-ring (bicyclic) bond motifs is 1. The number of ether oxygens (including phenoxy) is 2. The fraction of sp³-hybridized carbons (Fsp3) is 0.533. The van der Waals surface area contributed by atoms with Crippen molar-refractivity contribution in [3.8, 4) is 5.75 Å². The van der Waals surface area contributed by atoms with Gasteiger partial charge in [-0.15, -0.1) is 11.6 Å². The highest BCUT2D eigenvalue weighted by Gasteiger charge is 2.11. The van der Waals surface area contributed by atoms with Crippen molar-refractivity contribution in [2.75, 3.05) is 26.2 Å². The number of alkyl halides is 1. The second-order valence-corrected chi connectivity index (χ2v) is 4.90. The minimum absolute atomic E-state index is 0.575. The van der Waals surface area contributed by atoms with E-state index in [1.165, 1.54) is 0 Å². The van der Waals surface area contributed by atoms with E-state index in [2.05, 4.69) is 9.55 Å². The molecule has 0 spiro atoms. The van der Waals surface area contributed by atoms with Crippen LogP contribution in [0.5, 0.6) is 5.75 Å². The number of aryl methyl sites for hydroxylation is 2. The summed E-state index contributed by atoms with van der Waals surface area (Å²) >= 11 is 5.88. The molecule has 0 bridgehead atoms. The molecule has 0 saturated heterocycles. The summed E-state index contributed by atoms with van der Waals surface area (Å²) in [6.45, 7) is 4.42. The lowest BCUT2D eigenvalue weighted by Crippen LogP contribution is -2.07. The smallest absolute Gasteiger partial charge is 0.121 e. The number of halogens is 1. The van der Waals surface area contributed by atoms with Gasteiger partial charge in [0.15, 0.2) is 0 Å². The summed E-state index contributed by atoms with van der Waals surface area (Å²) in [7, 11) is 1.68. The first-order valence-electron chi connectivity index (χ1n) is 6.97. The van der Waals surface area contributed by atoms with Gasteiger partial charge in [-0.2, -0.15) is 0 Å². The highest BCUT2D eigenvalue weighted by molar-refractivity contribution is 6.17. The zero-order chi connectivity index (χ0) is 14.4. The molecule has 1 aromatic heterocycles. The van der Waals surface area contributed by atoms with Crippen LogP contribution in [0.25, 0.3) is 11.0 Å². The van der Waals surface area contributed by atoms with Gasteiger partial charge in [-0.05, 0) is 25.5 Å². The standard InChI is InChI=1S/C15H21ClN2O2/c1-3-20-10-4-9-18-14-11-12(19-2)5-6-13(14)17-15(18)7-8-16/h5-6,11H,3-4,7-10H2,1-2H3. The van der Waals surface area contributed by atoms with Gasteiger partial charge >= 0.3 is 0 Å². The zero-order valence-electron chi connectivity index (χ0n) is 12.1. The lowest BCUT2D eigenvalue weighted by molar-refractivity contribution is 0.141. The third-order valence-corrected chi connectivity index (χ3v) is 3.42. The molecular weight excluding hydrogens is 276 g/mol. The van der Waals surface area contributed by atoms with Crippen LogP contribution >= 0.6 is 11.6 Å². The summed E-state index contributed by atoms with van der Waals surface area (Å²) in [5, 5.41) is 0. The van der Waals surface area contributed by atoms with Gasteiger partial charge in [0.05, 0.1) is 18.1 Å². The quantitative estimate of drug-likeness (QED) is 0.554. The van der Waals surface area contributed by atoms with Crippen LogP contribution in [0.3, 0.4) is 0 Å². The Hall–Kier alpha value is -1.26. The molecule has 1 heterocycles. The average Bonchev–Trinajstić information content (AvgIpc) is 2.81. The van der Waals surface area contributed by atoms with E-state index in [-0.39, 0.29) is 0 Å². The van der Waals surface area contributed by atoms with E-state index in [1.807, 2.05) is 25.1 Å². The van der Waals surface area contributed by atoms with Crippen LogP contribution in [0.2, 0.25) is 0 Å². The Morgan fingerprint density at radius 3 is 2.90 bits per heavy atom. The summed E-state index contributed by atoms with van der Waals surface area (Å²) in [6, 6.07) is 5.95. The molecule has 20 heavy (non-hydrogen) atoms. The van der Waals surface area contributed by atoms with Gasteiger partial charge in [0.1, 0.15) is 11.6 Å². The van der Waals surface area contributed by atoms with Crippen LogP contribution in [0.4, 0.5) is 0 Å². The Bertz CT molecular complexity index is 554. The van der Waals surface area contributed by atoms with Gasteiger partial charge in [-0.3, -0.25) is 0 Å². The van der Waals surface area contributed by atoms with Crippen LogP contribution in [0.1, 0.15) is 19.2 Å². The van der Waals surface area contributed by atoms with E-state index < -0.39 is 0 Å². The fourth-order valence-corrected chi connectivity index (χ4v) is 2.44. The van der Waals surface area contributed by atoms with Gasteiger partial charge in [-0.1, -0.05) is 0 Å². The van der Waals surface area contributed by atoms with Gasteiger partial charge in [0, 0.05) is 38.1 Å².